The smallest absolute Gasteiger partial charge is 0.356 e. The second kappa shape index (κ2) is 10.3. The fourth-order valence-electron chi connectivity index (χ4n) is 3.29. The molecule has 12 heteroatoms. The zero-order valence-electron chi connectivity index (χ0n) is 18.1. The lowest BCUT2D eigenvalue weighted by Crippen LogP contribution is -2.45. The minimum Gasteiger partial charge on any atom is -0.506 e. The molecule has 0 fully saturated rings. The second-order valence-corrected chi connectivity index (χ2v) is 7.41. The van der Waals surface area contributed by atoms with E-state index in [1.807, 2.05) is 0 Å². The number of aromatic amines is 1. The number of carbonyl (C=O) groups is 3. The molecule has 2 aromatic rings. The van der Waals surface area contributed by atoms with E-state index in [-0.39, 0.29) is 30.8 Å². The standard InChI is InChI=1S/C22H23N5O7/c1-13(28)23-12-19(30)24-16(20(31)32)10-14-6-5-9-18(29)17(11-14)27-22(34)26(21(33)25-27)15-7-3-2-4-8-15/h2-4,6-9,11,16,29H,5,10,12H2,1H3,(H,23,28)(H,24,30)(H,25,33)(H,31,32)/t16-/m0/s1. The van der Waals surface area contributed by atoms with Gasteiger partial charge in [0.25, 0.3) is 0 Å². The number of carboxylic acid groups (broad SMARTS) is 1. The van der Waals surface area contributed by atoms with E-state index in [2.05, 4.69) is 15.7 Å². The summed E-state index contributed by atoms with van der Waals surface area (Å²) in [7, 11) is 0. The maximum absolute atomic E-state index is 13.0. The normalized spacial score (nSPS) is 14.2. The van der Waals surface area contributed by atoms with Crippen LogP contribution < -0.4 is 22.0 Å². The van der Waals surface area contributed by atoms with Crippen LogP contribution in [0.5, 0.6) is 0 Å². The molecule has 0 spiro atoms. The molecule has 0 aliphatic heterocycles. The van der Waals surface area contributed by atoms with Crippen LogP contribution in [0.1, 0.15) is 19.8 Å². The number of carbonyl (C=O) groups excluding carboxylic acids is 2. The van der Waals surface area contributed by atoms with Gasteiger partial charge in [-0.15, -0.1) is 0 Å². The molecule has 34 heavy (non-hydrogen) atoms. The summed E-state index contributed by atoms with van der Waals surface area (Å²) in [6.45, 7) is 0.840. The number of para-hydroxylation sites is 1. The Morgan fingerprint density at radius 2 is 1.85 bits per heavy atom. The van der Waals surface area contributed by atoms with Crippen LogP contribution in [0, 0.1) is 0 Å². The van der Waals surface area contributed by atoms with Crippen LogP contribution in [0.2, 0.25) is 0 Å². The number of aliphatic hydroxyl groups excluding tert-OH is 1. The van der Waals surface area contributed by atoms with Crippen LogP contribution in [0.25, 0.3) is 11.4 Å². The van der Waals surface area contributed by atoms with Crippen molar-refractivity contribution in [3.05, 3.63) is 80.9 Å². The zero-order valence-corrected chi connectivity index (χ0v) is 18.1. The minimum atomic E-state index is -1.34. The molecule has 178 valence electrons. The largest absolute Gasteiger partial charge is 0.506 e. The third-order valence-corrected chi connectivity index (χ3v) is 4.90. The average Bonchev–Trinajstić information content (AvgIpc) is 2.96. The van der Waals surface area contributed by atoms with Crippen molar-refractivity contribution in [2.45, 2.75) is 25.8 Å². The number of carboxylic acids is 1. The average molecular weight is 469 g/mol. The highest BCUT2D eigenvalue weighted by atomic mass is 16.4. The van der Waals surface area contributed by atoms with Crippen LogP contribution in [0.4, 0.5) is 0 Å². The van der Waals surface area contributed by atoms with Gasteiger partial charge in [0.1, 0.15) is 17.5 Å². The van der Waals surface area contributed by atoms with E-state index in [1.165, 1.54) is 19.1 Å². The first-order chi connectivity index (χ1) is 16.2. The van der Waals surface area contributed by atoms with Crippen molar-refractivity contribution in [3.8, 4) is 5.69 Å². The summed E-state index contributed by atoms with van der Waals surface area (Å²) in [4.78, 5) is 60.0. The van der Waals surface area contributed by atoms with Crippen molar-refractivity contribution in [1.82, 2.24) is 25.0 Å². The Morgan fingerprint density at radius 3 is 2.50 bits per heavy atom. The van der Waals surface area contributed by atoms with Crippen molar-refractivity contribution in [1.29, 1.82) is 0 Å². The van der Waals surface area contributed by atoms with E-state index in [0.717, 1.165) is 9.25 Å². The second-order valence-electron chi connectivity index (χ2n) is 7.41. The Morgan fingerprint density at radius 1 is 1.15 bits per heavy atom. The van der Waals surface area contributed by atoms with Gasteiger partial charge < -0.3 is 20.8 Å². The first kappa shape index (κ1) is 24.0. The van der Waals surface area contributed by atoms with Crippen LogP contribution in [-0.4, -0.2) is 54.9 Å². The minimum absolute atomic E-state index is 0.0609. The van der Waals surface area contributed by atoms with Crippen LogP contribution >= 0.6 is 0 Å². The number of nitrogens with one attached hydrogen (secondary N) is 3. The number of benzene rings is 1. The van der Waals surface area contributed by atoms with Gasteiger partial charge in [0.05, 0.1) is 12.2 Å². The fraction of sp³-hybridized carbons (Fsp3) is 0.227. The van der Waals surface area contributed by atoms with E-state index in [9.17, 15) is 34.2 Å². The monoisotopic (exact) mass is 469 g/mol. The number of hydrogen-bond acceptors (Lipinski definition) is 6. The number of aromatic nitrogens is 3. The molecule has 0 radical (unpaired) electrons. The highest BCUT2D eigenvalue weighted by Gasteiger charge is 2.23. The number of hydrogen-bond donors (Lipinski definition) is 5. The molecule has 0 saturated heterocycles. The molecule has 5 N–H and O–H groups in total. The van der Waals surface area contributed by atoms with Crippen LogP contribution in [0.15, 0.2) is 69.5 Å². The maximum atomic E-state index is 13.0. The third-order valence-electron chi connectivity index (χ3n) is 4.90. The number of aliphatic carboxylic acids is 1. The highest BCUT2D eigenvalue weighted by molar-refractivity contribution is 5.87. The third kappa shape index (κ3) is 5.59. The lowest BCUT2D eigenvalue weighted by molar-refractivity contribution is -0.141. The molecule has 0 unspecified atom stereocenters. The number of allylic oxidation sites excluding steroid dienone is 4. The molecule has 1 heterocycles. The number of amides is 2. The van der Waals surface area contributed by atoms with Gasteiger partial charge in [0.15, 0.2) is 0 Å². The Labute approximate surface area is 192 Å². The zero-order chi connectivity index (χ0) is 24.8. The molecule has 0 saturated carbocycles. The molecular weight excluding hydrogens is 446 g/mol. The molecule has 1 aliphatic rings. The summed E-state index contributed by atoms with van der Waals surface area (Å²) in [6, 6.07) is 6.86. The summed E-state index contributed by atoms with van der Waals surface area (Å²) < 4.78 is 1.76. The molecule has 0 bridgehead atoms. The van der Waals surface area contributed by atoms with Crippen LogP contribution in [-0.2, 0) is 14.4 Å². The Bertz CT molecular complexity index is 1310. The first-order valence-electron chi connectivity index (χ1n) is 10.2. The maximum Gasteiger partial charge on any atom is 0.356 e. The molecule has 1 aromatic carbocycles. The van der Waals surface area contributed by atoms with Crippen molar-refractivity contribution in [2.24, 2.45) is 0 Å². The SMILES string of the molecule is CC(=O)NCC(=O)N[C@@H](CC1=CCC=C(O)C(n2[nH]c(=O)n(-c3ccccc3)c2=O)=C1)C(=O)O. The van der Waals surface area contributed by atoms with E-state index in [0.29, 0.717) is 11.3 Å². The van der Waals surface area contributed by atoms with E-state index >= 15 is 0 Å². The number of H-pyrrole nitrogens is 1. The quantitative estimate of drug-likeness (QED) is 0.362. The topological polar surface area (TPSA) is 176 Å². The predicted octanol–water partition coefficient (Wildman–Crippen LogP) is 0.0358. The summed E-state index contributed by atoms with van der Waals surface area (Å²) >= 11 is 0. The van der Waals surface area contributed by atoms with Crippen molar-refractivity contribution in [2.75, 3.05) is 6.54 Å². The summed E-state index contributed by atoms with van der Waals surface area (Å²) in [5, 5.41) is 27.0. The number of rotatable bonds is 8. The van der Waals surface area contributed by atoms with Gasteiger partial charge in [0, 0.05) is 13.3 Å². The number of aliphatic hydroxyl groups is 1. The van der Waals surface area contributed by atoms with Crippen molar-refractivity contribution < 1.29 is 24.6 Å². The highest BCUT2D eigenvalue weighted by Crippen LogP contribution is 2.22. The Kier molecular flexibility index (Phi) is 7.31. The van der Waals surface area contributed by atoms with Crippen LogP contribution in [0.3, 0.4) is 0 Å². The lowest BCUT2D eigenvalue weighted by Gasteiger charge is -2.16. The lowest BCUT2D eigenvalue weighted by atomic mass is 10.0. The van der Waals surface area contributed by atoms with Gasteiger partial charge in [0.2, 0.25) is 11.8 Å². The molecule has 1 atom stereocenters. The van der Waals surface area contributed by atoms with Gasteiger partial charge in [-0.3, -0.25) is 9.59 Å². The van der Waals surface area contributed by atoms with Gasteiger partial charge >= 0.3 is 17.3 Å². The first-order valence-corrected chi connectivity index (χ1v) is 10.2. The predicted molar refractivity (Wildman–Crippen MR) is 121 cm³/mol. The van der Waals surface area contributed by atoms with Gasteiger partial charge in [-0.1, -0.05) is 24.3 Å². The van der Waals surface area contributed by atoms with E-state index < -0.39 is 35.2 Å². The molecule has 1 aromatic heterocycles. The van der Waals surface area contributed by atoms with Crippen molar-refractivity contribution >= 4 is 23.5 Å². The molecule has 2 amide bonds. The molecule has 3 rings (SSSR count). The number of nitrogens with zero attached hydrogens (tertiary/aromatic N) is 2. The summed E-state index contributed by atoms with van der Waals surface area (Å²) in [5.41, 5.74) is -0.832. The molecule has 12 nitrogen and oxygen atoms in total. The summed E-state index contributed by atoms with van der Waals surface area (Å²) in [5.74, 6) is -2.74. The van der Waals surface area contributed by atoms with Gasteiger partial charge in [-0.25, -0.2) is 24.0 Å². The molecular formula is C22H23N5O7. The van der Waals surface area contributed by atoms with Gasteiger partial charge in [-0.2, -0.15) is 4.68 Å². The Hall–Kier alpha value is -4.61. The van der Waals surface area contributed by atoms with E-state index in [1.54, 1.807) is 36.4 Å². The van der Waals surface area contributed by atoms with Gasteiger partial charge in [-0.05, 0) is 36.3 Å². The van der Waals surface area contributed by atoms with E-state index in [4.69, 9.17) is 0 Å². The fourth-order valence-corrected chi connectivity index (χ4v) is 3.29. The summed E-state index contributed by atoms with van der Waals surface area (Å²) in [6.07, 6.45) is 4.42. The molecule has 1 aliphatic carbocycles. The Balaban J connectivity index is 1.91. The van der Waals surface area contributed by atoms with Crippen molar-refractivity contribution in [3.63, 3.8) is 0 Å².